The highest BCUT2D eigenvalue weighted by Crippen LogP contribution is 2.35. The molecule has 12 heteroatoms. The van der Waals surface area contributed by atoms with Crippen LogP contribution in [0.1, 0.15) is 27.7 Å². The van der Waals surface area contributed by atoms with E-state index in [1.54, 1.807) is 24.3 Å². The molecule has 0 atom stereocenters. The van der Waals surface area contributed by atoms with Crippen molar-refractivity contribution in [3.05, 3.63) is 73.6 Å². The molecule has 30 heavy (non-hydrogen) atoms. The summed E-state index contributed by atoms with van der Waals surface area (Å²) in [5.41, 5.74) is -0.751. The molecule has 1 amide bonds. The summed E-state index contributed by atoms with van der Waals surface area (Å²) < 4.78 is 5.14. The molecule has 0 bridgehead atoms. The van der Waals surface area contributed by atoms with Crippen molar-refractivity contribution >= 4 is 28.3 Å². The lowest BCUT2D eigenvalue weighted by atomic mass is 10.1. The molecule has 0 spiro atoms. The van der Waals surface area contributed by atoms with Gasteiger partial charge in [0.1, 0.15) is 11.1 Å². The SMILES string of the molecule is Cc1c(O)c([N+](=O)[O-])cc2cc(C(=O)Nc3ccc(C4N=NN=N4)cc3)c(=O)oc12. The summed E-state index contributed by atoms with van der Waals surface area (Å²) in [5, 5.41) is 38.2. The highest BCUT2D eigenvalue weighted by molar-refractivity contribution is 6.05. The minimum Gasteiger partial charge on any atom is -0.502 e. The Morgan fingerprint density at radius 3 is 2.50 bits per heavy atom. The maximum Gasteiger partial charge on any atom is 0.349 e. The molecule has 3 aromatic rings. The van der Waals surface area contributed by atoms with E-state index >= 15 is 0 Å². The molecular weight excluding hydrogens is 396 g/mol. The Labute approximate surface area is 166 Å². The average molecular weight is 408 g/mol. The quantitative estimate of drug-likeness (QED) is 0.377. The number of aryl methyl sites for hydroxylation is 1. The van der Waals surface area contributed by atoms with Gasteiger partial charge >= 0.3 is 11.3 Å². The minimum absolute atomic E-state index is 0.0278. The second-order valence-corrected chi connectivity index (χ2v) is 6.35. The topological polar surface area (TPSA) is 172 Å². The molecule has 1 aliphatic rings. The smallest absolute Gasteiger partial charge is 0.349 e. The van der Waals surface area contributed by atoms with Crippen LogP contribution < -0.4 is 10.9 Å². The number of rotatable bonds is 4. The number of phenolic OH excluding ortho intramolecular Hbond substituents is 1. The minimum atomic E-state index is -0.945. The Balaban J connectivity index is 1.66. The number of nitrogens with zero attached hydrogens (tertiary/aromatic N) is 5. The van der Waals surface area contributed by atoms with Gasteiger partial charge in [0.15, 0.2) is 0 Å². The molecule has 150 valence electrons. The molecular formula is C18H12N6O6. The Kier molecular flexibility index (Phi) is 4.50. The summed E-state index contributed by atoms with van der Waals surface area (Å²) >= 11 is 0. The molecule has 1 aromatic heterocycles. The van der Waals surface area contributed by atoms with E-state index in [1.807, 2.05) is 0 Å². The van der Waals surface area contributed by atoms with Crippen molar-refractivity contribution in [2.45, 2.75) is 13.1 Å². The number of carbonyl (C=O) groups excluding carboxylic acids is 1. The summed E-state index contributed by atoms with van der Waals surface area (Å²) in [6, 6.07) is 8.74. The zero-order valence-corrected chi connectivity index (χ0v) is 15.3. The third-order valence-corrected chi connectivity index (χ3v) is 4.48. The molecule has 2 N–H and O–H groups in total. The van der Waals surface area contributed by atoms with Crippen LogP contribution in [-0.4, -0.2) is 15.9 Å². The van der Waals surface area contributed by atoms with E-state index in [0.717, 1.165) is 6.07 Å². The fraction of sp³-hybridized carbons (Fsp3) is 0.111. The van der Waals surface area contributed by atoms with Gasteiger partial charge in [-0.2, -0.15) is 0 Å². The Morgan fingerprint density at radius 1 is 1.20 bits per heavy atom. The van der Waals surface area contributed by atoms with E-state index < -0.39 is 34.1 Å². The summed E-state index contributed by atoms with van der Waals surface area (Å²) in [6.07, 6.45) is -0.530. The number of fused-ring (bicyclic) bond motifs is 1. The lowest BCUT2D eigenvalue weighted by molar-refractivity contribution is -0.385. The van der Waals surface area contributed by atoms with E-state index in [-0.39, 0.29) is 22.1 Å². The van der Waals surface area contributed by atoms with Gasteiger partial charge in [-0.05, 0) is 35.6 Å². The van der Waals surface area contributed by atoms with Crippen LogP contribution in [0.4, 0.5) is 11.4 Å². The number of carbonyl (C=O) groups is 1. The first-order chi connectivity index (χ1) is 14.3. The van der Waals surface area contributed by atoms with Crippen molar-refractivity contribution < 1.29 is 19.2 Å². The highest BCUT2D eigenvalue weighted by Gasteiger charge is 2.22. The van der Waals surface area contributed by atoms with Gasteiger partial charge in [-0.15, -0.1) is 10.2 Å². The van der Waals surface area contributed by atoms with E-state index in [1.165, 1.54) is 13.0 Å². The number of nitro benzene ring substituents is 1. The van der Waals surface area contributed by atoms with Crippen molar-refractivity contribution in [2.24, 2.45) is 20.7 Å². The maximum absolute atomic E-state index is 12.6. The molecule has 2 heterocycles. The molecule has 0 saturated carbocycles. The van der Waals surface area contributed by atoms with Crippen molar-refractivity contribution in [1.29, 1.82) is 0 Å². The lowest BCUT2D eigenvalue weighted by Gasteiger charge is -2.08. The Bertz CT molecular complexity index is 1300. The second-order valence-electron chi connectivity index (χ2n) is 6.35. The highest BCUT2D eigenvalue weighted by atomic mass is 16.6. The van der Waals surface area contributed by atoms with E-state index in [0.29, 0.717) is 11.3 Å². The van der Waals surface area contributed by atoms with Gasteiger partial charge in [0.25, 0.3) is 5.91 Å². The molecule has 0 fully saturated rings. The van der Waals surface area contributed by atoms with Crippen molar-refractivity contribution in [3.8, 4) is 5.75 Å². The lowest BCUT2D eigenvalue weighted by Crippen LogP contribution is -2.20. The van der Waals surface area contributed by atoms with Gasteiger partial charge in [-0.1, -0.05) is 12.1 Å². The van der Waals surface area contributed by atoms with E-state index in [4.69, 9.17) is 4.42 Å². The largest absolute Gasteiger partial charge is 0.502 e. The van der Waals surface area contributed by atoms with Crippen molar-refractivity contribution in [2.75, 3.05) is 5.32 Å². The van der Waals surface area contributed by atoms with Gasteiger partial charge in [0.2, 0.25) is 11.9 Å². The molecule has 2 aromatic carbocycles. The Morgan fingerprint density at radius 2 is 1.87 bits per heavy atom. The fourth-order valence-electron chi connectivity index (χ4n) is 2.94. The number of amides is 1. The summed E-state index contributed by atoms with van der Waals surface area (Å²) in [5.74, 6) is -1.36. The number of phenols is 1. The predicted octanol–water partition coefficient (Wildman–Crippen LogP) is 3.80. The van der Waals surface area contributed by atoms with Crippen LogP contribution >= 0.6 is 0 Å². The van der Waals surface area contributed by atoms with Crippen LogP contribution in [0.3, 0.4) is 0 Å². The zero-order chi connectivity index (χ0) is 21.4. The molecule has 0 radical (unpaired) electrons. The summed E-state index contributed by atoms with van der Waals surface area (Å²) in [6.45, 7) is 1.37. The van der Waals surface area contributed by atoms with Gasteiger partial charge < -0.3 is 14.8 Å². The Hall–Kier alpha value is -4.48. The number of aromatic hydroxyl groups is 1. The molecule has 12 nitrogen and oxygen atoms in total. The first kappa shape index (κ1) is 18.9. The monoisotopic (exact) mass is 408 g/mol. The van der Waals surface area contributed by atoms with Crippen molar-refractivity contribution in [1.82, 2.24) is 0 Å². The predicted molar refractivity (Wildman–Crippen MR) is 102 cm³/mol. The van der Waals surface area contributed by atoms with Gasteiger partial charge in [-0.3, -0.25) is 14.9 Å². The third-order valence-electron chi connectivity index (χ3n) is 4.48. The maximum atomic E-state index is 12.6. The number of hydrogen-bond donors (Lipinski definition) is 2. The number of nitro groups is 1. The normalized spacial score (nSPS) is 13.1. The number of benzene rings is 2. The summed E-state index contributed by atoms with van der Waals surface area (Å²) in [4.78, 5) is 35.2. The fourth-order valence-corrected chi connectivity index (χ4v) is 2.94. The number of hydrogen-bond acceptors (Lipinski definition) is 10. The van der Waals surface area contributed by atoms with Gasteiger partial charge in [0.05, 0.1) is 4.92 Å². The molecule has 0 unspecified atom stereocenters. The van der Waals surface area contributed by atoms with Crippen LogP contribution in [0.5, 0.6) is 5.75 Å². The molecule has 0 saturated heterocycles. The summed E-state index contributed by atoms with van der Waals surface area (Å²) in [7, 11) is 0. The van der Waals surface area contributed by atoms with Crippen LogP contribution in [-0.2, 0) is 0 Å². The van der Waals surface area contributed by atoms with Crippen LogP contribution in [0.15, 0.2) is 66.3 Å². The third kappa shape index (κ3) is 3.26. The van der Waals surface area contributed by atoms with Crippen molar-refractivity contribution in [3.63, 3.8) is 0 Å². The van der Waals surface area contributed by atoms with Gasteiger partial charge in [0, 0.05) is 28.3 Å². The second kappa shape index (κ2) is 7.16. The van der Waals surface area contributed by atoms with Crippen LogP contribution in [0.2, 0.25) is 0 Å². The number of nitrogens with one attached hydrogen (secondary N) is 1. The van der Waals surface area contributed by atoms with Crippen LogP contribution in [0.25, 0.3) is 11.0 Å². The first-order valence-corrected chi connectivity index (χ1v) is 8.51. The first-order valence-electron chi connectivity index (χ1n) is 8.51. The number of anilines is 1. The molecule has 0 aliphatic carbocycles. The zero-order valence-electron chi connectivity index (χ0n) is 15.3. The van der Waals surface area contributed by atoms with Crippen LogP contribution in [0, 0.1) is 17.0 Å². The standard InChI is InChI=1S/C18H12N6O6/c1-8-14(25)13(24(28)29)7-10-6-12(18(27)30-15(8)10)17(26)19-11-4-2-9(3-5-11)16-20-22-23-21-16/h2-7,16,25H,1H3,(H,19,26). The van der Waals surface area contributed by atoms with Gasteiger partial charge in [-0.25, -0.2) is 4.79 Å². The van der Waals surface area contributed by atoms with E-state index in [2.05, 4.69) is 26.0 Å². The molecule has 4 rings (SSSR count). The van der Waals surface area contributed by atoms with E-state index in [9.17, 15) is 24.8 Å². The molecule has 1 aliphatic heterocycles. The average Bonchev–Trinajstić information content (AvgIpc) is 3.26.